The maximum atomic E-state index is 12.2. The summed E-state index contributed by atoms with van der Waals surface area (Å²) in [6.45, 7) is 2.29. The van der Waals surface area contributed by atoms with E-state index >= 15 is 0 Å². The molecule has 8 heteroatoms. The molecule has 2 N–H and O–H groups in total. The number of halogens is 3. The molecule has 1 fully saturated rings. The number of likely N-dealkylation sites (tertiary alicyclic amines) is 1. The van der Waals surface area contributed by atoms with E-state index in [9.17, 15) is 22.8 Å². The third-order valence-electron chi connectivity index (χ3n) is 4.03. The summed E-state index contributed by atoms with van der Waals surface area (Å²) < 4.78 is 36.5. The standard InChI is InChI=1S/C17H22F3N3O2/c1-12-4-3-7-23(10-12)15(24)9-21-14-6-2-5-13(8-14)16(25)22-11-17(18,19)20/h2,5-6,8,12,21H,3-4,7,9-11H2,1H3,(H,22,25). The Hall–Kier alpha value is -2.25. The largest absolute Gasteiger partial charge is 0.405 e. The summed E-state index contributed by atoms with van der Waals surface area (Å²) in [5.41, 5.74) is 0.617. The lowest BCUT2D eigenvalue weighted by atomic mass is 10.0. The zero-order valence-corrected chi connectivity index (χ0v) is 14.0. The van der Waals surface area contributed by atoms with Gasteiger partial charge in [-0.05, 0) is 37.0 Å². The predicted octanol–water partition coefficient (Wildman–Crippen LogP) is 2.65. The molecular weight excluding hydrogens is 335 g/mol. The van der Waals surface area contributed by atoms with Gasteiger partial charge in [-0.25, -0.2) is 0 Å². The Labute approximate surface area is 144 Å². The van der Waals surface area contributed by atoms with Crippen LogP contribution in [0.2, 0.25) is 0 Å². The molecule has 1 atom stereocenters. The second kappa shape index (κ2) is 8.22. The van der Waals surface area contributed by atoms with Gasteiger partial charge >= 0.3 is 6.18 Å². The fraction of sp³-hybridized carbons (Fsp3) is 0.529. The molecule has 25 heavy (non-hydrogen) atoms. The van der Waals surface area contributed by atoms with Gasteiger partial charge < -0.3 is 15.5 Å². The van der Waals surface area contributed by atoms with Gasteiger partial charge in [-0.1, -0.05) is 13.0 Å². The van der Waals surface area contributed by atoms with Crippen LogP contribution in [0.3, 0.4) is 0 Å². The Morgan fingerprint density at radius 2 is 2.08 bits per heavy atom. The van der Waals surface area contributed by atoms with Gasteiger partial charge in [0.15, 0.2) is 0 Å². The number of piperidine rings is 1. The van der Waals surface area contributed by atoms with Crippen LogP contribution in [0.1, 0.15) is 30.1 Å². The van der Waals surface area contributed by atoms with Crippen LogP contribution in [-0.4, -0.2) is 49.1 Å². The van der Waals surface area contributed by atoms with Gasteiger partial charge in [-0.2, -0.15) is 13.2 Å². The summed E-state index contributed by atoms with van der Waals surface area (Å²) in [6.07, 6.45) is -2.35. The minimum atomic E-state index is -4.45. The normalized spacial score (nSPS) is 17.9. The number of nitrogens with one attached hydrogen (secondary N) is 2. The van der Waals surface area contributed by atoms with Crippen molar-refractivity contribution in [2.45, 2.75) is 25.9 Å². The molecule has 2 amide bonds. The maximum absolute atomic E-state index is 12.2. The smallest absolute Gasteiger partial charge is 0.376 e. The molecule has 0 spiro atoms. The number of amides is 2. The Kier molecular flexibility index (Phi) is 6.27. The van der Waals surface area contributed by atoms with E-state index in [1.54, 1.807) is 17.0 Å². The molecule has 1 saturated heterocycles. The van der Waals surface area contributed by atoms with E-state index < -0.39 is 18.6 Å². The molecule has 138 valence electrons. The van der Waals surface area contributed by atoms with Crippen molar-refractivity contribution in [1.29, 1.82) is 0 Å². The highest BCUT2D eigenvalue weighted by Crippen LogP contribution is 2.16. The Balaban J connectivity index is 1.88. The van der Waals surface area contributed by atoms with E-state index in [4.69, 9.17) is 0 Å². The fourth-order valence-corrected chi connectivity index (χ4v) is 2.76. The first-order valence-corrected chi connectivity index (χ1v) is 8.21. The third-order valence-corrected chi connectivity index (χ3v) is 4.03. The summed E-state index contributed by atoms with van der Waals surface area (Å²) >= 11 is 0. The third kappa shape index (κ3) is 6.28. The van der Waals surface area contributed by atoms with Crippen molar-refractivity contribution in [3.8, 4) is 0 Å². The molecular formula is C17H22F3N3O2. The molecule has 0 saturated carbocycles. The first-order valence-electron chi connectivity index (χ1n) is 8.21. The molecule has 0 bridgehead atoms. The summed E-state index contributed by atoms with van der Waals surface area (Å²) in [4.78, 5) is 25.8. The maximum Gasteiger partial charge on any atom is 0.405 e. The Bertz CT molecular complexity index is 619. The molecule has 2 rings (SSSR count). The SMILES string of the molecule is CC1CCCN(C(=O)CNc2cccc(C(=O)NCC(F)(F)F)c2)C1. The first kappa shape index (κ1) is 19.1. The number of carbonyl (C=O) groups is 2. The van der Waals surface area contributed by atoms with Gasteiger partial charge in [0.2, 0.25) is 5.91 Å². The highest BCUT2D eigenvalue weighted by molar-refractivity contribution is 5.95. The molecule has 0 aromatic heterocycles. The molecule has 1 aromatic rings. The number of benzene rings is 1. The quantitative estimate of drug-likeness (QED) is 0.852. The van der Waals surface area contributed by atoms with Crippen LogP contribution >= 0.6 is 0 Å². The van der Waals surface area contributed by atoms with Crippen molar-refractivity contribution in [2.75, 3.05) is 31.5 Å². The molecule has 1 aromatic carbocycles. The minimum absolute atomic E-state index is 0.0292. The van der Waals surface area contributed by atoms with Crippen LogP contribution in [0.25, 0.3) is 0 Å². The number of hydrogen-bond donors (Lipinski definition) is 2. The molecule has 1 unspecified atom stereocenters. The molecule has 1 aliphatic heterocycles. The van der Waals surface area contributed by atoms with Gasteiger partial charge in [-0.15, -0.1) is 0 Å². The van der Waals surface area contributed by atoms with Crippen molar-refractivity contribution in [3.63, 3.8) is 0 Å². The topological polar surface area (TPSA) is 61.4 Å². The zero-order chi connectivity index (χ0) is 18.4. The second-order valence-electron chi connectivity index (χ2n) is 6.32. The fourth-order valence-electron chi connectivity index (χ4n) is 2.76. The number of anilines is 1. The highest BCUT2D eigenvalue weighted by atomic mass is 19.4. The van der Waals surface area contributed by atoms with Gasteiger partial charge in [-0.3, -0.25) is 9.59 Å². The van der Waals surface area contributed by atoms with Crippen LogP contribution in [0, 0.1) is 5.92 Å². The first-order chi connectivity index (χ1) is 11.7. The van der Waals surface area contributed by atoms with Gasteiger partial charge in [0, 0.05) is 24.3 Å². The van der Waals surface area contributed by atoms with Crippen LogP contribution in [0.4, 0.5) is 18.9 Å². The molecule has 1 aliphatic rings. The molecule has 0 radical (unpaired) electrons. The van der Waals surface area contributed by atoms with Crippen LogP contribution in [-0.2, 0) is 4.79 Å². The van der Waals surface area contributed by atoms with Gasteiger partial charge in [0.25, 0.3) is 5.91 Å². The zero-order valence-electron chi connectivity index (χ0n) is 14.0. The monoisotopic (exact) mass is 357 g/mol. The van der Waals surface area contributed by atoms with Crippen molar-refractivity contribution in [3.05, 3.63) is 29.8 Å². The van der Waals surface area contributed by atoms with E-state index in [1.165, 1.54) is 12.1 Å². The summed E-state index contributed by atoms with van der Waals surface area (Å²) in [6, 6.07) is 6.06. The number of rotatable bonds is 5. The van der Waals surface area contributed by atoms with E-state index in [1.807, 2.05) is 5.32 Å². The van der Waals surface area contributed by atoms with Crippen molar-refractivity contribution >= 4 is 17.5 Å². The van der Waals surface area contributed by atoms with Crippen molar-refractivity contribution in [1.82, 2.24) is 10.2 Å². The number of hydrogen-bond acceptors (Lipinski definition) is 3. The second-order valence-corrected chi connectivity index (χ2v) is 6.32. The van der Waals surface area contributed by atoms with Crippen LogP contribution < -0.4 is 10.6 Å². The van der Waals surface area contributed by atoms with E-state index in [0.29, 0.717) is 11.6 Å². The lowest BCUT2D eigenvalue weighted by molar-refractivity contribution is -0.131. The van der Waals surface area contributed by atoms with Crippen molar-refractivity contribution < 1.29 is 22.8 Å². The Morgan fingerprint density at radius 3 is 2.76 bits per heavy atom. The lowest BCUT2D eigenvalue weighted by Gasteiger charge is -2.31. The highest BCUT2D eigenvalue weighted by Gasteiger charge is 2.28. The molecule has 0 aliphatic carbocycles. The molecule has 1 heterocycles. The van der Waals surface area contributed by atoms with Gasteiger partial charge in [0.05, 0.1) is 6.54 Å². The summed E-state index contributed by atoms with van der Waals surface area (Å²) in [5.74, 6) is -0.353. The molecule has 5 nitrogen and oxygen atoms in total. The van der Waals surface area contributed by atoms with E-state index in [0.717, 1.165) is 25.9 Å². The Morgan fingerprint density at radius 1 is 1.32 bits per heavy atom. The van der Waals surface area contributed by atoms with Crippen molar-refractivity contribution in [2.24, 2.45) is 5.92 Å². The number of carbonyl (C=O) groups excluding carboxylic acids is 2. The predicted molar refractivity (Wildman–Crippen MR) is 88.3 cm³/mol. The lowest BCUT2D eigenvalue weighted by Crippen LogP contribution is -2.41. The number of alkyl halides is 3. The van der Waals surface area contributed by atoms with Gasteiger partial charge in [0.1, 0.15) is 6.54 Å². The van der Waals surface area contributed by atoms with E-state index in [-0.39, 0.29) is 18.0 Å². The van der Waals surface area contributed by atoms with E-state index in [2.05, 4.69) is 12.2 Å². The number of nitrogens with zero attached hydrogens (tertiary/aromatic N) is 1. The average Bonchev–Trinajstić information content (AvgIpc) is 2.57. The van der Waals surface area contributed by atoms with Crippen LogP contribution in [0.5, 0.6) is 0 Å². The average molecular weight is 357 g/mol. The minimum Gasteiger partial charge on any atom is -0.376 e. The summed E-state index contributed by atoms with van der Waals surface area (Å²) in [7, 11) is 0. The van der Waals surface area contributed by atoms with Crippen LogP contribution in [0.15, 0.2) is 24.3 Å². The summed E-state index contributed by atoms with van der Waals surface area (Å²) in [5, 5.41) is 4.75.